The van der Waals surface area contributed by atoms with E-state index in [1.54, 1.807) is 42.9 Å². The summed E-state index contributed by atoms with van der Waals surface area (Å²) in [6, 6.07) is 13.5. The van der Waals surface area contributed by atoms with Gasteiger partial charge >= 0.3 is 5.97 Å². The van der Waals surface area contributed by atoms with Gasteiger partial charge in [0, 0.05) is 10.9 Å². The highest BCUT2D eigenvalue weighted by atomic mass is 35.5. The van der Waals surface area contributed by atoms with Crippen LogP contribution in [0.2, 0.25) is 5.02 Å². The first-order valence-corrected chi connectivity index (χ1v) is 11.7. The van der Waals surface area contributed by atoms with Crippen LogP contribution in [-0.2, 0) is 14.3 Å². The summed E-state index contributed by atoms with van der Waals surface area (Å²) in [5, 5.41) is 6.63. The summed E-state index contributed by atoms with van der Waals surface area (Å²) in [6.45, 7) is -0.787. The van der Waals surface area contributed by atoms with Crippen LogP contribution in [0.3, 0.4) is 0 Å². The van der Waals surface area contributed by atoms with E-state index >= 15 is 0 Å². The Morgan fingerprint density at radius 2 is 1.89 bits per heavy atom. The molecule has 0 saturated heterocycles. The quantitative estimate of drug-likeness (QED) is 0.415. The minimum Gasteiger partial charge on any atom is -0.482 e. The SMILES string of the molecule is O=C(COc1ccc(Cl)cc1)OCC(=O)N1N=C2C(=Cc3ccco3)CCCC2C1c1ccco1. The van der Waals surface area contributed by atoms with Gasteiger partial charge in [-0.15, -0.1) is 0 Å². The van der Waals surface area contributed by atoms with Crippen molar-refractivity contribution in [2.75, 3.05) is 13.2 Å². The lowest BCUT2D eigenvalue weighted by molar-refractivity contribution is -0.154. The molecule has 1 fully saturated rings. The summed E-state index contributed by atoms with van der Waals surface area (Å²) in [4.78, 5) is 25.3. The van der Waals surface area contributed by atoms with Gasteiger partial charge in [-0.25, -0.2) is 9.80 Å². The number of halogens is 1. The van der Waals surface area contributed by atoms with E-state index in [1.165, 1.54) is 5.01 Å². The third-order valence-electron chi connectivity index (χ3n) is 5.98. The Labute approximate surface area is 206 Å². The van der Waals surface area contributed by atoms with Crippen molar-refractivity contribution in [2.24, 2.45) is 11.0 Å². The average Bonchev–Trinajstić information content (AvgIpc) is 3.63. The summed E-state index contributed by atoms with van der Waals surface area (Å²) >= 11 is 5.84. The Hall–Kier alpha value is -3.78. The number of allylic oxidation sites excluding steroid dienone is 1. The first kappa shape index (κ1) is 23.0. The second-order valence-electron chi connectivity index (χ2n) is 8.27. The number of hydrazone groups is 1. The van der Waals surface area contributed by atoms with E-state index in [0.29, 0.717) is 16.5 Å². The third kappa shape index (κ3) is 5.17. The normalized spacial score (nSPS) is 20.4. The first-order valence-electron chi connectivity index (χ1n) is 11.3. The van der Waals surface area contributed by atoms with E-state index in [4.69, 9.17) is 29.9 Å². The number of carbonyl (C=O) groups excluding carboxylic acids is 2. The van der Waals surface area contributed by atoms with Gasteiger partial charge in [-0.2, -0.15) is 5.10 Å². The molecular formula is C26H23ClN2O6. The molecule has 2 aliphatic rings. The van der Waals surface area contributed by atoms with E-state index < -0.39 is 24.5 Å². The van der Waals surface area contributed by atoms with Crippen LogP contribution in [-0.4, -0.2) is 35.8 Å². The molecular weight excluding hydrogens is 472 g/mol. The highest BCUT2D eigenvalue weighted by molar-refractivity contribution is 6.30. The topological polar surface area (TPSA) is 94.5 Å². The number of ether oxygens (including phenoxy) is 2. The van der Waals surface area contributed by atoms with Crippen molar-refractivity contribution in [3.63, 3.8) is 0 Å². The molecule has 9 heteroatoms. The van der Waals surface area contributed by atoms with Gasteiger partial charge in [0.25, 0.3) is 5.91 Å². The molecule has 3 heterocycles. The molecule has 2 unspecified atom stereocenters. The van der Waals surface area contributed by atoms with E-state index in [2.05, 4.69) is 5.10 Å². The molecule has 0 N–H and O–H groups in total. The highest BCUT2D eigenvalue weighted by Crippen LogP contribution is 2.44. The summed E-state index contributed by atoms with van der Waals surface area (Å²) in [5.74, 6) is 0.720. The minimum atomic E-state index is -0.662. The van der Waals surface area contributed by atoms with Crippen LogP contribution < -0.4 is 4.74 Å². The number of fused-ring (bicyclic) bond motifs is 1. The van der Waals surface area contributed by atoms with Crippen molar-refractivity contribution in [3.8, 4) is 5.75 Å². The predicted octanol–water partition coefficient (Wildman–Crippen LogP) is 5.27. The zero-order valence-corrected chi connectivity index (χ0v) is 19.5. The number of furan rings is 2. The maximum absolute atomic E-state index is 13.1. The molecule has 3 aromatic rings. The van der Waals surface area contributed by atoms with Crippen molar-refractivity contribution in [1.29, 1.82) is 0 Å². The molecule has 1 aliphatic carbocycles. The maximum atomic E-state index is 13.1. The Morgan fingerprint density at radius 3 is 2.63 bits per heavy atom. The van der Waals surface area contributed by atoms with Crippen molar-refractivity contribution in [3.05, 3.63) is 83.2 Å². The Balaban J connectivity index is 1.29. The predicted molar refractivity (Wildman–Crippen MR) is 128 cm³/mol. The number of amides is 1. The molecule has 5 rings (SSSR count). The van der Waals surface area contributed by atoms with Gasteiger partial charge in [-0.1, -0.05) is 11.6 Å². The second kappa shape index (κ2) is 10.2. The van der Waals surface area contributed by atoms with Crippen LogP contribution in [0.25, 0.3) is 6.08 Å². The fourth-order valence-electron chi connectivity index (χ4n) is 4.41. The molecule has 8 nitrogen and oxygen atoms in total. The zero-order chi connectivity index (χ0) is 24.2. The van der Waals surface area contributed by atoms with Crippen LogP contribution >= 0.6 is 11.6 Å². The molecule has 0 radical (unpaired) electrons. The lowest BCUT2D eigenvalue weighted by Gasteiger charge is -2.27. The van der Waals surface area contributed by atoms with Gasteiger partial charge in [0.05, 0.1) is 18.2 Å². The smallest absolute Gasteiger partial charge is 0.344 e. The van der Waals surface area contributed by atoms with Gasteiger partial charge in [-0.05, 0) is 79.4 Å². The fourth-order valence-corrected chi connectivity index (χ4v) is 4.54. The lowest BCUT2D eigenvalue weighted by atomic mass is 9.79. The summed E-state index contributed by atoms with van der Waals surface area (Å²) in [7, 11) is 0. The van der Waals surface area contributed by atoms with E-state index in [-0.39, 0.29) is 12.5 Å². The number of nitrogens with zero attached hydrogens (tertiary/aromatic N) is 2. The van der Waals surface area contributed by atoms with Gasteiger partial charge in [0.2, 0.25) is 0 Å². The van der Waals surface area contributed by atoms with Crippen molar-refractivity contribution in [1.82, 2.24) is 5.01 Å². The Morgan fingerprint density at radius 1 is 1.09 bits per heavy atom. The van der Waals surface area contributed by atoms with E-state index in [0.717, 1.165) is 36.3 Å². The van der Waals surface area contributed by atoms with Crippen molar-refractivity contribution in [2.45, 2.75) is 25.3 Å². The monoisotopic (exact) mass is 494 g/mol. The number of hydrogen-bond acceptors (Lipinski definition) is 7. The van der Waals surface area contributed by atoms with Crippen LogP contribution in [0, 0.1) is 5.92 Å². The number of hydrogen-bond donors (Lipinski definition) is 0. The largest absolute Gasteiger partial charge is 0.482 e. The number of carbonyl (C=O) groups is 2. The van der Waals surface area contributed by atoms with Crippen molar-refractivity contribution < 1.29 is 27.9 Å². The van der Waals surface area contributed by atoms with E-state index in [1.807, 2.05) is 24.3 Å². The van der Waals surface area contributed by atoms with Gasteiger partial charge in [0.1, 0.15) is 23.3 Å². The molecule has 35 heavy (non-hydrogen) atoms. The third-order valence-corrected chi connectivity index (χ3v) is 6.23. The molecule has 2 aromatic heterocycles. The average molecular weight is 495 g/mol. The molecule has 0 spiro atoms. The Kier molecular flexibility index (Phi) is 6.72. The van der Waals surface area contributed by atoms with Crippen LogP contribution in [0.5, 0.6) is 5.75 Å². The maximum Gasteiger partial charge on any atom is 0.344 e. The molecule has 2 atom stereocenters. The second-order valence-corrected chi connectivity index (χ2v) is 8.71. The highest BCUT2D eigenvalue weighted by Gasteiger charge is 2.45. The summed E-state index contributed by atoms with van der Waals surface area (Å²) in [6.07, 6.45) is 7.80. The first-order chi connectivity index (χ1) is 17.1. The van der Waals surface area contributed by atoms with Gasteiger partial charge in [0.15, 0.2) is 13.2 Å². The fraction of sp³-hybridized carbons (Fsp3) is 0.269. The molecule has 1 amide bonds. The molecule has 180 valence electrons. The number of rotatable bonds is 7. The molecule has 0 bridgehead atoms. The van der Waals surface area contributed by atoms with E-state index in [9.17, 15) is 9.59 Å². The lowest BCUT2D eigenvalue weighted by Crippen LogP contribution is -2.34. The van der Waals surface area contributed by atoms with Gasteiger partial charge in [-0.3, -0.25) is 4.79 Å². The zero-order valence-electron chi connectivity index (χ0n) is 18.8. The summed E-state index contributed by atoms with van der Waals surface area (Å²) < 4.78 is 21.7. The number of esters is 1. The Bertz CT molecular complexity index is 1230. The molecule has 1 aliphatic heterocycles. The molecule has 1 saturated carbocycles. The van der Waals surface area contributed by atoms with Gasteiger partial charge < -0.3 is 18.3 Å². The number of benzene rings is 1. The standard InChI is InChI=1S/C26H23ClN2O6/c27-18-8-10-19(11-9-18)34-16-24(31)35-15-23(30)29-26(22-7-3-13-33-22)21-6-1-4-17(25(21)28-29)14-20-5-2-12-32-20/h2-3,5,7-14,21,26H,1,4,6,15-16H2. The summed E-state index contributed by atoms with van der Waals surface area (Å²) in [5.41, 5.74) is 1.86. The molecule has 1 aromatic carbocycles. The minimum absolute atomic E-state index is 0.0241. The van der Waals surface area contributed by atoms with Crippen LogP contribution in [0.4, 0.5) is 0 Å². The van der Waals surface area contributed by atoms with Crippen LogP contribution in [0.1, 0.15) is 36.8 Å². The van der Waals surface area contributed by atoms with Crippen LogP contribution in [0.15, 0.2) is 80.6 Å². The van der Waals surface area contributed by atoms with Crippen molar-refractivity contribution >= 4 is 35.3 Å².